The number of benzene rings is 1. The van der Waals surface area contributed by atoms with Crippen LogP contribution in [0.15, 0.2) is 53.7 Å². The zero-order chi connectivity index (χ0) is 113. The third-order valence-electron chi connectivity index (χ3n) is 24.3. The summed E-state index contributed by atoms with van der Waals surface area (Å²) in [6.45, 7) is 23.9. The molecule has 2 aromatic rings. The zero-order valence-corrected chi connectivity index (χ0v) is 93.6. The summed E-state index contributed by atoms with van der Waals surface area (Å²) < 4.78 is 78.3. The highest BCUT2D eigenvalue weighted by atomic mass is 33.1. The van der Waals surface area contributed by atoms with E-state index in [1.165, 1.54) is 69.4 Å². The second kappa shape index (κ2) is 82.5. The molecular formula is C102H176N10O36S2. The standard InChI is InChI=1S/C58H98N6O15.C25H40N4O10S2.C12H22O7.C7H16O4/c1-15-38(7)53(64(11)58(73)51(36(3)4)62-57(72)52(37(5)6)63(9)10)46(74-12)32-45(66)42-25-20-26-43(42)54(76-14)39(8)55(70)61-44(31-40-23-18-17-19-24-40)56(71)59-29-22-30-77-49(69)33-60-47(67)27-21-28-48(68)78-35-50(75-13)79-41(16-2)34-65;1-5-19(16-30)39-23(36-4)17-38-24(33)37-14-10-21(32)27-13-6-12-26-20(31)9-11-25(2,3)41-40-22-8-7-18(15-28-22)29(34)35;1-3-9(7-13)19-12(17-2)8-18-11(16)6-4-5-10(14)15;1-3-6(4-8)11-7(5-9)10-2/h17-19,23-24,36-39,41-44,46,50-54,65H,15-16,20-22,25-35H2,1-14H3,(H,59,71)(H,60,67)(H,61,70)(H,62,72);7-8,15,19,23,30H,5-6,9-14,16-17H2,1-4H3,(H,26,31)(H,27,32);9,12-13H,3-8H2,1-2H3,(H,14,15);6-9H,3-5H2,1-2H3/t38-,39+,41?,42?,43+,44-,46+,50?,51-,52-,53-,54+;;;/m0.../s1. The fourth-order valence-electron chi connectivity index (χ4n) is 15.2. The molecule has 0 radical (unpaired) electrons. The summed E-state index contributed by atoms with van der Waals surface area (Å²) >= 11 is 0. The van der Waals surface area contributed by atoms with Gasteiger partial charge in [0.1, 0.15) is 62.1 Å². The Labute approximate surface area is 892 Å². The van der Waals surface area contributed by atoms with Crippen LogP contribution in [0.1, 0.15) is 224 Å². The Bertz CT molecular complexity index is 4080. The van der Waals surface area contributed by atoms with E-state index in [2.05, 4.69) is 36.9 Å². The molecule has 12 N–H and O–H groups in total. The van der Waals surface area contributed by atoms with Crippen molar-refractivity contribution in [2.24, 2.45) is 35.5 Å². The first kappa shape index (κ1) is 141. The number of esters is 3. The molecule has 9 unspecified atom stereocenters. The molecule has 0 bridgehead atoms. The number of nitro groups is 1. The number of carbonyl (C=O) groups is 13. The van der Waals surface area contributed by atoms with E-state index in [4.69, 9.17) is 96.6 Å². The van der Waals surface area contributed by atoms with Crippen LogP contribution in [0.3, 0.4) is 0 Å². The number of methoxy groups -OCH3 is 6. The number of carboxylic acid groups (broad SMARTS) is 1. The van der Waals surface area contributed by atoms with E-state index in [0.29, 0.717) is 82.3 Å². The first-order chi connectivity index (χ1) is 71.3. The molecule has 1 fully saturated rings. The number of aromatic nitrogens is 1. The van der Waals surface area contributed by atoms with Crippen LogP contribution in [0.2, 0.25) is 0 Å². The minimum atomic E-state index is -0.981. The predicted octanol–water partition coefficient (Wildman–Crippen LogP) is 7.49. The maximum Gasteiger partial charge on any atom is 0.508 e. The highest BCUT2D eigenvalue weighted by Crippen LogP contribution is 2.43. The average molecular weight is 2180 g/mol. The molecular weight excluding hydrogens is 2010 g/mol. The topological polar surface area (TPSA) is 616 Å². The number of ketones is 1. The molecule has 1 aliphatic carbocycles. The van der Waals surface area contributed by atoms with Crippen molar-refractivity contribution in [1.29, 1.82) is 0 Å². The molecule has 1 aliphatic rings. The number of ether oxygens (including phenoxy) is 15. The minimum Gasteiger partial charge on any atom is -0.481 e. The number of aliphatic carboxylic acids is 1. The molecule has 7 amide bonds. The van der Waals surface area contributed by atoms with Gasteiger partial charge in [-0.1, -0.05) is 130 Å². The Morgan fingerprint density at radius 1 is 0.527 bits per heavy atom. The smallest absolute Gasteiger partial charge is 0.481 e. The number of hydrogen-bond acceptors (Lipinski definition) is 39. The van der Waals surface area contributed by atoms with E-state index in [0.717, 1.165) is 12.0 Å². The number of hydrogen-bond donors (Lipinski definition) is 12. The number of amides is 7. The van der Waals surface area contributed by atoms with E-state index in [1.54, 1.807) is 32.0 Å². The van der Waals surface area contributed by atoms with Gasteiger partial charge >= 0.3 is 30.0 Å². The summed E-state index contributed by atoms with van der Waals surface area (Å²) in [5.41, 5.74) is 0.747. The largest absolute Gasteiger partial charge is 0.508 e. The molecule has 3 rings (SSSR count). The second-order valence-electron chi connectivity index (χ2n) is 37.2. The number of likely N-dealkylation sites (N-methyl/N-ethyl adjacent to an activating group) is 2. The third-order valence-corrected chi connectivity index (χ3v) is 27.5. The number of carbonyl (C=O) groups excluding carboxylic acids is 12. The lowest BCUT2D eigenvalue weighted by atomic mass is 9.79. The summed E-state index contributed by atoms with van der Waals surface area (Å²) in [7, 11) is 17.0. The Morgan fingerprint density at radius 2 is 1.04 bits per heavy atom. The van der Waals surface area contributed by atoms with Crippen LogP contribution < -0.4 is 31.9 Å². The van der Waals surface area contributed by atoms with Crippen LogP contribution in [-0.2, 0) is 135 Å². The zero-order valence-electron chi connectivity index (χ0n) is 92.0. The van der Waals surface area contributed by atoms with Gasteiger partial charge in [0.15, 0.2) is 25.2 Å². The summed E-state index contributed by atoms with van der Waals surface area (Å²) in [5.74, 6) is -6.78. The SMILES string of the molecule is CCC(CO)OC(CO)OC.CCC(CO)OC(COC(=O)CCCC(=O)NCC(=O)OCCCNC(=O)[C@H](Cc1ccccc1)NC(=O)[C@H](C)[C@@H](OC)[C@@H]1CCCC1C(=O)C[C@@H](OC)[C@H]([C@@H](C)CC)N(C)C(=O)[C@@H](NC(=O)[C@H](C(C)C)N(C)C)C(C)C)OC.CCC(CO)OC(COC(=O)CCCC(=O)O)OC.CCC(CO)OC(COC(=O)OCCC(=O)NCCCNC(=O)CCC(C)(C)SSc1ccc([N+](=O)[O-])cn1)OC. The molecule has 1 aromatic heterocycles. The molecule has 0 saturated heterocycles. The fraction of sp³-hybridized carbons (Fsp3) is 0.765. The highest BCUT2D eigenvalue weighted by Gasteiger charge is 2.46. The number of nitrogens with one attached hydrogen (secondary N) is 6. The fourth-order valence-corrected chi connectivity index (χ4v) is 17.4. The van der Waals surface area contributed by atoms with Crippen LogP contribution >= 0.6 is 21.6 Å². The van der Waals surface area contributed by atoms with Crippen molar-refractivity contribution < 1.29 is 169 Å². The normalized spacial score (nSPS) is 16.0. The van der Waals surface area contributed by atoms with Crippen LogP contribution in [0.25, 0.3) is 0 Å². The molecule has 1 aromatic carbocycles. The monoisotopic (exact) mass is 2180 g/mol. The van der Waals surface area contributed by atoms with E-state index in [1.807, 2.05) is 132 Å². The lowest BCUT2D eigenvalue weighted by Crippen LogP contribution is -2.59. The first-order valence-electron chi connectivity index (χ1n) is 51.3. The number of aliphatic hydroxyl groups excluding tert-OH is 5. The molecule has 1 heterocycles. The van der Waals surface area contributed by atoms with E-state index >= 15 is 0 Å². The average Bonchev–Trinajstić information content (AvgIpc) is 1.26. The van der Waals surface area contributed by atoms with Crippen LogP contribution in [-0.4, -0.2) is 374 Å². The maximum atomic E-state index is 14.6. The van der Waals surface area contributed by atoms with Gasteiger partial charge in [0.05, 0.1) is 106 Å². The number of carboxylic acids is 1. The van der Waals surface area contributed by atoms with Crippen molar-refractivity contribution in [2.75, 3.05) is 156 Å². The van der Waals surface area contributed by atoms with E-state index < -0.39 is 145 Å². The second-order valence-corrected chi connectivity index (χ2v) is 40.0. The number of aliphatic hydroxyl groups is 5. The van der Waals surface area contributed by atoms with Crippen molar-refractivity contribution in [1.82, 2.24) is 46.7 Å². The van der Waals surface area contributed by atoms with Gasteiger partial charge in [0, 0.05) is 131 Å². The Kier molecular flexibility index (Phi) is 77.5. The van der Waals surface area contributed by atoms with Crippen molar-refractivity contribution in [3.63, 3.8) is 0 Å². The van der Waals surface area contributed by atoms with Crippen LogP contribution in [0.5, 0.6) is 0 Å². The van der Waals surface area contributed by atoms with Crippen LogP contribution in [0, 0.1) is 45.6 Å². The quantitative estimate of drug-likeness (QED) is 0.00580. The van der Waals surface area contributed by atoms with Gasteiger partial charge in [-0.05, 0) is 145 Å². The molecule has 862 valence electrons. The summed E-state index contributed by atoms with van der Waals surface area (Å²) in [4.78, 5) is 182. The Hall–Kier alpha value is -9.06. The number of Topliss-reactive ketones (excluding diaryl/α,β-unsaturated/α-hetero) is 1. The van der Waals surface area contributed by atoms with Gasteiger partial charge in [-0.25, -0.2) is 9.78 Å². The summed E-state index contributed by atoms with van der Waals surface area (Å²) in [6.07, 6.45) is 1.65. The highest BCUT2D eigenvalue weighted by molar-refractivity contribution is 8.77. The number of pyridine rings is 1. The van der Waals surface area contributed by atoms with E-state index in [9.17, 15) is 77.5 Å². The molecule has 46 nitrogen and oxygen atoms in total. The maximum absolute atomic E-state index is 14.6. The third kappa shape index (κ3) is 60.6. The predicted molar refractivity (Wildman–Crippen MR) is 557 cm³/mol. The first-order valence-corrected chi connectivity index (χ1v) is 53.4. The van der Waals surface area contributed by atoms with Crippen LogP contribution in [0.4, 0.5) is 10.5 Å². The van der Waals surface area contributed by atoms with Crippen molar-refractivity contribution in [3.8, 4) is 0 Å². The van der Waals surface area contributed by atoms with Gasteiger partial charge in [0.25, 0.3) is 5.69 Å². The number of nitrogens with zero attached hydrogens (tertiary/aromatic N) is 4. The van der Waals surface area contributed by atoms with Gasteiger partial charge < -0.3 is 138 Å². The van der Waals surface area contributed by atoms with Crippen molar-refractivity contribution in [3.05, 3.63) is 64.3 Å². The lowest BCUT2D eigenvalue weighted by Gasteiger charge is -2.40. The number of rotatable bonds is 77. The van der Waals surface area contributed by atoms with Gasteiger partial charge in [0.2, 0.25) is 41.4 Å². The molecule has 0 spiro atoms. The van der Waals surface area contributed by atoms with E-state index in [-0.39, 0.29) is 213 Å². The molecule has 18 atom stereocenters. The van der Waals surface area contributed by atoms with Gasteiger partial charge in [-0.15, -0.1) is 0 Å². The van der Waals surface area contributed by atoms with Gasteiger partial charge in [-0.3, -0.25) is 72.5 Å². The minimum absolute atomic E-state index is 0.0102. The molecule has 150 heavy (non-hydrogen) atoms. The summed E-state index contributed by atoms with van der Waals surface area (Å²) in [5, 5.41) is 81.4. The molecule has 0 aliphatic heterocycles. The Morgan fingerprint density at radius 3 is 1.50 bits per heavy atom. The van der Waals surface area contributed by atoms with Crippen molar-refractivity contribution >= 4 is 104 Å². The van der Waals surface area contributed by atoms with Gasteiger partial charge in [-0.2, -0.15) is 0 Å². The Balaban J connectivity index is 0.00000255. The molecule has 1 saturated carbocycles. The van der Waals surface area contributed by atoms with Crippen molar-refractivity contribution in [2.45, 2.75) is 321 Å². The summed E-state index contributed by atoms with van der Waals surface area (Å²) in [6, 6.07) is 9.52. The lowest BCUT2D eigenvalue weighted by molar-refractivity contribution is -0.385. The molecule has 48 heteroatoms.